The van der Waals surface area contributed by atoms with E-state index in [1.165, 1.54) is 6.07 Å². The number of carboxylic acids is 1. The van der Waals surface area contributed by atoms with Crippen molar-refractivity contribution >= 4 is 23.8 Å². The summed E-state index contributed by atoms with van der Waals surface area (Å²) >= 11 is 0. The predicted molar refractivity (Wildman–Crippen MR) is 85.7 cm³/mol. The van der Waals surface area contributed by atoms with Gasteiger partial charge in [0.15, 0.2) is 0 Å². The normalized spacial score (nSPS) is 11.4. The van der Waals surface area contributed by atoms with Gasteiger partial charge >= 0.3 is 12.1 Å². The van der Waals surface area contributed by atoms with Crippen LogP contribution in [-0.2, 0) is 4.74 Å². The lowest BCUT2D eigenvalue weighted by Crippen LogP contribution is -2.32. The summed E-state index contributed by atoms with van der Waals surface area (Å²) in [5, 5.41) is 11.5. The summed E-state index contributed by atoms with van der Waals surface area (Å²) in [6, 6.07) is 4.75. The van der Waals surface area contributed by atoms with Gasteiger partial charge in [-0.15, -0.1) is 0 Å². The number of amides is 1. The fourth-order valence-corrected chi connectivity index (χ4v) is 1.67. The number of ether oxygens (including phenoxy) is 1. The number of aromatic carboxylic acids is 1. The van der Waals surface area contributed by atoms with Gasteiger partial charge in [0.2, 0.25) is 0 Å². The van der Waals surface area contributed by atoms with E-state index in [9.17, 15) is 9.59 Å². The van der Waals surface area contributed by atoms with E-state index < -0.39 is 17.7 Å². The molecule has 6 nitrogen and oxygen atoms in total. The number of carboxylic acid groups (broad SMARTS) is 1. The molecule has 0 saturated heterocycles. The Morgan fingerprint density at radius 1 is 1.36 bits per heavy atom. The molecule has 0 fully saturated rings. The van der Waals surface area contributed by atoms with Gasteiger partial charge in [0.1, 0.15) is 5.60 Å². The molecule has 1 aromatic rings. The molecular weight excluding hydrogens is 284 g/mol. The Morgan fingerprint density at radius 2 is 2.05 bits per heavy atom. The van der Waals surface area contributed by atoms with Crippen molar-refractivity contribution in [1.29, 1.82) is 0 Å². The van der Waals surface area contributed by atoms with Crippen molar-refractivity contribution in [3.63, 3.8) is 0 Å². The zero-order valence-corrected chi connectivity index (χ0v) is 13.1. The zero-order chi connectivity index (χ0) is 16.8. The lowest BCUT2D eigenvalue weighted by atomic mass is 10.1. The molecule has 1 rings (SSSR count). The Hall–Kier alpha value is -2.50. The second-order valence-electron chi connectivity index (χ2n) is 5.77. The Balaban J connectivity index is 2.42. The molecule has 0 spiro atoms. The molecule has 0 bridgehead atoms. The number of anilines is 1. The maximum atomic E-state index is 11.4. The zero-order valence-electron chi connectivity index (χ0n) is 13.1. The average molecular weight is 306 g/mol. The molecule has 0 atom stereocenters. The third-order valence-electron chi connectivity index (χ3n) is 2.60. The molecule has 0 aliphatic carbocycles. The number of hydrogen-bond donors (Lipinski definition) is 3. The SMILES string of the molecule is CC(C)(C)OC(=O)NCCC=Cc1ccc(C(=O)O)c(N)c1. The van der Waals surface area contributed by atoms with Gasteiger partial charge in [-0.25, -0.2) is 9.59 Å². The van der Waals surface area contributed by atoms with Gasteiger partial charge in [0.05, 0.1) is 5.56 Å². The van der Waals surface area contributed by atoms with Gasteiger partial charge < -0.3 is 20.9 Å². The van der Waals surface area contributed by atoms with E-state index in [-0.39, 0.29) is 11.3 Å². The van der Waals surface area contributed by atoms with Crippen molar-refractivity contribution in [3.05, 3.63) is 35.4 Å². The minimum atomic E-state index is -1.05. The molecule has 0 radical (unpaired) electrons. The van der Waals surface area contributed by atoms with Crippen molar-refractivity contribution in [1.82, 2.24) is 5.32 Å². The van der Waals surface area contributed by atoms with Crippen LogP contribution in [0.15, 0.2) is 24.3 Å². The first-order chi connectivity index (χ1) is 10.2. The van der Waals surface area contributed by atoms with Crippen LogP contribution < -0.4 is 11.1 Å². The van der Waals surface area contributed by atoms with Crippen LogP contribution in [0.3, 0.4) is 0 Å². The molecular formula is C16H22N2O4. The van der Waals surface area contributed by atoms with Crippen LogP contribution in [0.5, 0.6) is 0 Å². The molecule has 6 heteroatoms. The van der Waals surface area contributed by atoms with Crippen molar-refractivity contribution in [2.24, 2.45) is 0 Å². The van der Waals surface area contributed by atoms with Crippen LogP contribution in [0.25, 0.3) is 6.08 Å². The van der Waals surface area contributed by atoms with Crippen molar-refractivity contribution in [2.75, 3.05) is 12.3 Å². The highest BCUT2D eigenvalue weighted by molar-refractivity contribution is 5.94. The van der Waals surface area contributed by atoms with E-state index in [2.05, 4.69) is 5.32 Å². The first-order valence-corrected chi connectivity index (χ1v) is 6.95. The van der Waals surface area contributed by atoms with Gasteiger partial charge in [0.25, 0.3) is 0 Å². The fourth-order valence-electron chi connectivity index (χ4n) is 1.67. The van der Waals surface area contributed by atoms with Crippen LogP contribution in [-0.4, -0.2) is 29.3 Å². The van der Waals surface area contributed by atoms with E-state index in [0.717, 1.165) is 5.56 Å². The van der Waals surface area contributed by atoms with E-state index in [4.69, 9.17) is 15.6 Å². The Labute approximate surface area is 130 Å². The lowest BCUT2D eigenvalue weighted by molar-refractivity contribution is 0.0528. The first kappa shape index (κ1) is 17.6. The van der Waals surface area contributed by atoms with Gasteiger partial charge in [-0.1, -0.05) is 18.2 Å². The van der Waals surface area contributed by atoms with E-state index in [1.54, 1.807) is 32.9 Å². The molecule has 22 heavy (non-hydrogen) atoms. The third kappa shape index (κ3) is 6.30. The number of carbonyl (C=O) groups excluding carboxylic acids is 1. The fraction of sp³-hybridized carbons (Fsp3) is 0.375. The summed E-state index contributed by atoms with van der Waals surface area (Å²) in [6.07, 6.45) is 3.86. The minimum absolute atomic E-state index is 0.0868. The number of nitrogens with one attached hydrogen (secondary N) is 1. The largest absolute Gasteiger partial charge is 0.478 e. The minimum Gasteiger partial charge on any atom is -0.478 e. The molecule has 0 heterocycles. The van der Waals surface area contributed by atoms with Gasteiger partial charge in [-0.05, 0) is 44.9 Å². The molecule has 0 unspecified atom stereocenters. The molecule has 1 amide bonds. The summed E-state index contributed by atoms with van der Waals surface area (Å²) in [5.74, 6) is -1.05. The summed E-state index contributed by atoms with van der Waals surface area (Å²) < 4.78 is 5.11. The number of benzene rings is 1. The molecule has 4 N–H and O–H groups in total. The van der Waals surface area contributed by atoms with Crippen LogP contribution in [0.1, 0.15) is 43.1 Å². The standard InChI is InChI=1S/C16H22N2O4/c1-16(2,3)22-15(21)18-9-5-4-6-11-7-8-12(14(19)20)13(17)10-11/h4,6-8,10H,5,9,17H2,1-3H3,(H,18,21)(H,19,20). The van der Waals surface area contributed by atoms with Crippen LogP contribution >= 0.6 is 0 Å². The number of nitrogens with two attached hydrogens (primary N) is 1. The number of rotatable bonds is 5. The molecule has 0 saturated carbocycles. The number of hydrogen-bond acceptors (Lipinski definition) is 4. The summed E-state index contributed by atoms with van der Waals surface area (Å²) in [6.45, 7) is 5.86. The Kier molecular flexibility index (Phi) is 5.98. The van der Waals surface area contributed by atoms with Crippen molar-refractivity contribution in [2.45, 2.75) is 32.8 Å². The van der Waals surface area contributed by atoms with E-state index >= 15 is 0 Å². The second-order valence-corrected chi connectivity index (χ2v) is 5.77. The highest BCUT2D eigenvalue weighted by Gasteiger charge is 2.15. The number of alkyl carbamates (subject to hydrolysis) is 1. The van der Waals surface area contributed by atoms with E-state index in [1.807, 2.05) is 12.2 Å². The highest BCUT2D eigenvalue weighted by atomic mass is 16.6. The van der Waals surface area contributed by atoms with Gasteiger partial charge in [-0.2, -0.15) is 0 Å². The quantitative estimate of drug-likeness (QED) is 0.573. The van der Waals surface area contributed by atoms with Crippen molar-refractivity contribution < 1.29 is 19.4 Å². The summed E-state index contributed by atoms with van der Waals surface area (Å²) in [5.41, 5.74) is 6.27. The molecule has 120 valence electrons. The highest BCUT2D eigenvalue weighted by Crippen LogP contribution is 2.15. The van der Waals surface area contributed by atoms with Crippen LogP contribution in [0.4, 0.5) is 10.5 Å². The third-order valence-corrected chi connectivity index (χ3v) is 2.60. The van der Waals surface area contributed by atoms with Crippen LogP contribution in [0, 0.1) is 0 Å². The Morgan fingerprint density at radius 3 is 2.59 bits per heavy atom. The Bertz CT molecular complexity index is 574. The lowest BCUT2D eigenvalue weighted by Gasteiger charge is -2.19. The topological polar surface area (TPSA) is 102 Å². The molecule has 0 aliphatic rings. The first-order valence-electron chi connectivity index (χ1n) is 6.95. The molecule has 1 aromatic carbocycles. The summed E-state index contributed by atoms with van der Waals surface area (Å²) in [4.78, 5) is 22.3. The number of carbonyl (C=O) groups is 2. The predicted octanol–water partition coefficient (Wildman–Crippen LogP) is 2.90. The maximum absolute atomic E-state index is 11.4. The molecule has 0 aromatic heterocycles. The average Bonchev–Trinajstić information content (AvgIpc) is 2.35. The monoisotopic (exact) mass is 306 g/mol. The van der Waals surface area contributed by atoms with Crippen molar-refractivity contribution in [3.8, 4) is 0 Å². The second kappa shape index (κ2) is 7.49. The van der Waals surface area contributed by atoms with E-state index in [0.29, 0.717) is 13.0 Å². The van der Waals surface area contributed by atoms with Gasteiger partial charge in [0, 0.05) is 12.2 Å². The number of nitrogen functional groups attached to an aromatic ring is 1. The summed E-state index contributed by atoms with van der Waals surface area (Å²) in [7, 11) is 0. The van der Waals surface area contributed by atoms with Crippen LogP contribution in [0.2, 0.25) is 0 Å². The maximum Gasteiger partial charge on any atom is 0.407 e. The molecule has 0 aliphatic heterocycles. The van der Waals surface area contributed by atoms with Gasteiger partial charge in [-0.3, -0.25) is 0 Å². The smallest absolute Gasteiger partial charge is 0.407 e.